The molecule has 0 heterocycles. The summed E-state index contributed by atoms with van der Waals surface area (Å²) >= 11 is 0. The highest BCUT2D eigenvalue weighted by molar-refractivity contribution is 5.49. The molecule has 0 radical (unpaired) electrons. The van der Waals surface area contributed by atoms with E-state index in [0.29, 0.717) is 12.3 Å². The van der Waals surface area contributed by atoms with E-state index in [4.69, 9.17) is 0 Å². The van der Waals surface area contributed by atoms with E-state index in [2.05, 4.69) is 13.5 Å². The van der Waals surface area contributed by atoms with Gasteiger partial charge < -0.3 is 4.79 Å². The average Bonchev–Trinajstić information content (AvgIpc) is 2.06. The molecule has 0 spiro atoms. The Balaban J connectivity index is 3.47. The van der Waals surface area contributed by atoms with Crippen molar-refractivity contribution in [3.63, 3.8) is 0 Å². The molecule has 1 unspecified atom stereocenters. The van der Waals surface area contributed by atoms with Gasteiger partial charge in [-0.1, -0.05) is 32.3 Å². The molecule has 0 aliphatic rings. The standard InChI is InChI=1S/C11H20O/c1-3-5-6-8-11(7-4-2)9-10-12/h4,10-11H,2-3,5-9H2,1H3. The SMILES string of the molecule is C=CCC(CC=O)CCCCC. The Bertz CT molecular complexity index is 108. The molecule has 0 aromatic rings. The molecule has 0 saturated carbocycles. The van der Waals surface area contributed by atoms with Crippen molar-refractivity contribution in [1.82, 2.24) is 0 Å². The van der Waals surface area contributed by atoms with Gasteiger partial charge in [-0.15, -0.1) is 6.58 Å². The first kappa shape index (κ1) is 11.4. The van der Waals surface area contributed by atoms with Gasteiger partial charge in [-0.05, 0) is 18.8 Å². The zero-order valence-electron chi connectivity index (χ0n) is 8.09. The Morgan fingerprint density at radius 1 is 1.33 bits per heavy atom. The van der Waals surface area contributed by atoms with Crippen LogP contribution in [0.15, 0.2) is 12.7 Å². The van der Waals surface area contributed by atoms with E-state index < -0.39 is 0 Å². The van der Waals surface area contributed by atoms with Crippen LogP contribution in [0.2, 0.25) is 0 Å². The summed E-state index contributed by atoms with van der Waals surface area (Å²) in [5.74, 6) is 0.548. The molecule has 0 fully saturated rings. The summed E-state index contributed by atoms with van der Waals surface area (Å²) in [6, 6.07) is 0. The maximum Gasteiger partial charge on any atom is 0.120 e. The van der Waals surface area contributed by atoms with Crippen LogP contribution in [0.5, 0.6) is 0 Å². The van der Waals surface area contributed by atoms with Crippen LogP contribution < -0.4 is 0 Å². The van der Waals surface area contributed by atoms with Crippen LogP contribution >= 0.6 is 0 Å². The molecule has 0 bridgehead atoms. The molecule has 12 heavy (non-hydrogen) atoms. The molecule has 1 heteroatoms. The third kappa shape index (κ3) is 6.14. The minimum absolute atomic E-state index is 0.548. The van der Waals surface area contributed by atoms with Crippen LogP contribution in [-0.4, -0.2) is 6.29 Å². The molecule has 70 valence electrons. The third-order valence-electron chi connectivity index (χ3n) is 2.15. The van der Waals surface area contributed by atoms with E-state index in [1.165, 1.54) is 25.7 Å². The number of allylic oxidation sites excluding steroid dienone is 1. The summed E-state index contributed by atoms with van der Waals surface area (Å²) in [4.78, 5) is 10.3. The number of carbonyl (C=O) groups excluding carboxylic acids is 1. The van der Waals surface area contributed by atoms with Crippen LogP contribution in [0.3, 0.4) is 0 Å². The normalized spacial score (nSPS) is 12.4. The molecular weight excluding hydrogens is 148 g/mol. The molecule has 0 aromatic carbocycles. The van der Waals surface area contributed by atoms with Crippen LogP contribution in [0.1, 0.15) is 45.4 Å². The molecule has 0 amide bonds. The Labute approximate surface area is 75.9 Å². The van der Waals surface area contributed by atoms with Gasteiger partial charge in [0.2, 0.25) is 0 Å². The molecule has 0 aliphatic heterocycles. The van der Waals surface area contributed by atoms with Crippen molar-refractivity contribution < 1.29 is 4.79 Å². The van der Waals surface area contributed by atoms with Crippen LogP contribution in [-0.2, 0) is 4.79 Å². The number of carbonyl (C=O) groups is 1. The minimum Gasteiger partial charge on any atom is -0.303 e. The molecule has 0 aliphatic carbocycles. The quantitative estimate of drug-likeness (QED) is 0.308. The molecule has 1 atom stereocenters. The van der Waals surface area contributed by atoms with Crippen LogP contribution in [0.4, 0.5) is 0 Å². The van der Waals surface area contributed by atoms with Gasteiger partial charge in [0.15, 0.2) is 0 Å². The fraction of sp³-hybridized carbons (Fsp3) is 0.727. The van der Waals surface area contributed by atoms with Gasteiger partial charge >= 0.3 is 0 Å². The molecular formula is C11H20O. The van der Waals surface area contributed by atoms with Crippen molar-refractivity contribution in [3.05, 3.63) is 12.7 Å². The van der Waals surface area contributed by atoms with Crippen molar-refractivity contribution in [2.24, 2.45) is 5.92 Å². The molecule has 0 rings (SSSR count). The predicted molar refractivity (Wildman–Crippen MR) is 53.1 cm³/mol. The molecule has 0 aromatic heterocycles. The van der Waals surface area contributed by atoms with E-state index in [0.717, 1.165) is 12.7 Å². The number of rotatable bonds is 8. The molecule has 0 N–H and O–H groups in total. The highest BCUT2D eigenvalue weighted by atomic mass is 16.1. The van der Waals surface area contributed by atoms with E-state index in [9.17, 15) is 4.79 Å². The van der Waals surface area contributed by atoms with Crippen LogP contribution in [0.25, 0.3) is 0 Å². The van der Waals surface area contributed by atoms with E-state index in [1.54, 1.807) is 0 Å². The fourth-order valence-corrected chi connectivity index (χ4v) is 1.39. The first-order valence-corrected chi connectivity index (χ1v) is 4.89. The molecule has 0 saturated heterocycles. The van der Waals surface area contributed by atoms with Gasteiger partial charge in [-0.2, -0.15) is 0 Å². The molecule has 1 nitrogen and oxygen atoms in total. The summed E-state index contributed by atoms with van der Waals surface area (Å²) in [6.45, 7) is 5.89. The van der Waals surface area contributed by atoms with E-state index >= 15 is 0 Å². The lowest BCUT2D eigenvalue weighted by Gasteiger charge is -2.10. The summed E-state index contributed by atoms with van der Waals surface area (Å²) < 4.78 is 0. The second-order valence-electron chi connectivity index (χ2n) is 3.29. The third-order valence-corrected chi connectivity index (χ3v) is 2.15. The number of aldehydes is 1. The van der Waals surface area contributed by atoms with Crippen molar-refractivity contribution in [1.29, 1.82) is 0 Å². The average molecular weight is 168 g/mol. The maximum absolute atomic E-state index is 10.3. The zero-order valence-corrected chi connectivity index (χ0v) is 8.09. The van der Waals surface area contributed by atoms with Gasteiger partial charge in [0, 0.05) is 6.42 Å². The number of hydrogen-bond donors (Lipinski definition) is 0. The fourth-order valence-electron chi connectivity index (χ4n) is 1.39. The summed E-state index contributed by atoms with van der Waals surface area (Å²) in [5, 5.41) is 0. The van der Waals surface area contributed by atoms with E-state index in [1.807, 2.05) is 6.08 Å². The monoisotopic (exact) mass is 168 g/mol. The Kier molecular flexibility index (Phi) is 8.09. The summed E-state index contributed by atoms with van der Waals surface area (Å²) in [7, 11) is 0. The zero-order chi connectivity index (χ0) is 9.23. The lowest BCUT2D eigenvalue weighted by Crippen LogP contribution is -1.99. The summed E-state index contributed by atoms with van der Waals surface area (Å²) in [6.07, 6.45) is 9.61. The van der Waals surface area contributed by atoms with Gasteiger partial charge in [0.25, 0.3) is 0 Å². The smallest absolute Gasteiger partial charge is 0.120 e. The highest BCUT2D eigenvalue weighted by Gasteiger charge is 2.04. The second kappa shape index (κ2) is 8.51. The Hall–Kier alpha value is -0.590. The highest BCUT2D eigenvalue weighted by Crippen LogP contribution is 2.16. The lowest BCUT2D eigenvalue weighted by molar-refractivity contribution is -0.108. The Morgan fingerprint density at radius 3 is 2.58 bits per heavy atom. The summed E-state index contributed by atoms with van der Waals surface area (Å²) in [5.41, 5.74) is 0. The van der Waals surface area contributed by atoms with Crippen molar-refractivity contribution in [2.45, 2.75) is 45.4 Å². The minimum atomic E-state index is 0.548. The topological polar surface area (TPSA) is 17.1 Å². The van der Waals surface area contributed by atoms with Crippen LogP contribution in [0, 0.1) is 5.92 Å². The largest absolute Gasteiger partial charge is 0.303 e. The first-order valence-electron chi connectivity index (χ1n) is 4.89. The van der Waals surface area contributed by atoms with Crippen molar-refractivity contribution in [2.75, 3.05) is 0 Å². The predicted octanol–water partition coefficient (Wildman–Crippen LogP) is 3.35. The van der Waals surface area contributed by atoms with Gasteiger partial charge in [-0.3, -0.25) is 0 Å². The van der Waals surface area contributed by atoms with Gasteiger partial charge in [0.05, 0.1) is 0 Å². The first-order chi connectivity index (χ1) is 5.85. The second-order valence-corrected chi connectivity index (χ2v) is 3.29. The van der Waals surface area contributed by atoms with E-state index in [-0.39, 0.29) is 0 Å². The number of hydrogen-bond acceptors (Lipinski definition) is 1. The van der Waals surface area contributed by atoms with Gasteiger partial charge in [-0.25, -0.2) is 0 Å². The lowest BCUT2D eigenvalue weighted by atomic mass is 9.95. The van der Waals surface area contributed by atoms with Crippen molar-refractivity contribution in [3.8, 4) is 0 Å². The maximum atomic E-state index is 10.3. The number of unbranched alkanes of at least 4 members (excludes halogenated alkanes) is 2. The van der Waals surface area contributed by atoms with Gasteiger partial charge in [0.1, 0.15) is 6.29 Å². The Morgan fingerprint density at radius 2 is 2.08 bits per heavy atom. The van der Waals surface area contributed by atoms with Crippen molar-refractivity contribution >= 4 is 6.29 Å².